The molecule has 0 atom stereocenters. The number of carbonyl (C=O) groups excluding carboxylic acids is 2. The molecule has 0 aromatic heterocycles. The van der Waals surface area contributed by atoms with Crippen LogP contribution in [0.25, 0.3) is 5.70 Å². The first-order valence-electron chi connectivity index (χ1n) is 5.27. The maximum Gasteiger partial charge on any atom is 0.433 e. The quantitative estimate of drug-likeness (QED) is 0.849. The van der Waals surface area contributed by atoms with Crippen LogP contribution in [-0.4, -0.2) is 31.4 Å². The van der Waals surface area contributed by atoms with Crippen molar-refractivity contribution in [2.24, 2.45) is 0 Å². The molecule has 1 rings (SSSR count). The number of rotatable bonds is 2. The first-order chi connectivity index (χ1) is 9.40. The van der Waals surface area contributed by atoms with Gasteiger partial charge in [-0.3, -0.25) is 0 Å². The summed E-state index contributed by atoms with van der Waals surface area (Å²) in [7, 11) is 2.31. The zero-order valence-corrected chi connectivity index (χ0v) is 12.3. The Morgan fingerprint density at radius 3 is 2.40 bits per heavy atom. The van der Waals surface area contributed by atoms with Gasteiger partial charge in [0.15, 0.2) is 0 Å². The van der Waals surface area contributed by atoms with Crippen LogP contribution in [0.2, 0.25) is 10.0 Å². The van der Waals surface area contributed by atoms with Crippen molar-refractivity contribution in [2.45, 2.75) is 0 Å². The van der Waals surface area contributed by atoms with Crippen LogP contribution in [0.3, 0.4) is 0 Å². The Labute approximate surface area is 125 Å². The lowest BCUT2D eigenvalue weighted by Crippen LogP contribution is -2.44. The van der Waals surface area contributed by atoms with E-state index in [1.807, 2.05) is 0 Å². The zero-order chi connectivity index (χ0) is 15.3. The standard InChI is InChI=1S/C12H12Cl2N2O4/c1-7(9-5-4-8(13)6-10(9)14)16(12(18)20-3)15-11(17)19-2/h4-6H,1H2,2-3H3,(H,15,17). The average molecular weight is 319 g/mol. The Kier molecular flexibility index (Phi) is 5.66. The number of amides is 2. The molecule has 0 saturated carbocycles. The fraction of sp³-hybridized carbons (Fsp3) is 0.167. The van der Waals surface area contributed by atoms with E-state index in [9.17, 15) is 9.59 Å². The molecule has 2 amide bonds. The lowest BCUT2D eigenvalue weighted by atomic mass is 10.1. The van der Waals surface area contributed by atoms with Gasteiger partial charge in [-0.15, -0.1) is 0 Å². The molecule has 0 unspecified atom stereocenters. The minimum atomic E-state index is -0.860. The number of hydrogen-bond acceptors (Lipinski definition) is 4. The molecule has 20 heavy (non-hydrogen) atoms. The molecule has 0 aliphatic rings. The number of hydrazine groups is 1. The van der Waals surface area contributed by atoms with Gasteiger partial charge in [0.05, 0.1) is 24.9 Å². The van der Waals surface area contributed by atoms with Crippen molar-refractivity contribution in [3.63, 3.8) is 0 Å². The van der Waals surface area contributed by atoms with Gasteiger partial charge in [-0.05, 0) is 18.2 Å². The van der Waals surface area contributed by atoms with Crippen molar-refractivity contribution in [2.75, 3.05) is 14.2 Å². The van der Waals surface area contributed by atoms with Gasteiger partial charge in [0.2, 0.25) is 0 Å². The number of methoxy groups -OCH3 is 2. The van der Waals surface area contributed by atoms with Crippen molar-refractivity contribution >= 4 is 41.1 Å². The molecule has 0 aliphatic carbocycles. The van der Waals surface area contributed by atoms with Crippen LogP contribution >= 0.6 is 23.2 Å². The topological polar surface area (TPSA) is 67.9 Å². The predicted octanol–water partition coefficient (Wildman–Crippen LogP) is 3.30. The van der Waals surface area contributed by atoms with E-state index in [1.54, 1.807) is 12.1 Å². The number of halogens is 2. The minimum absolute atomic E-state index is 0.101. The monoisotopic (exact) mass is 318 g/mol. The highest BCUT2D eigenvalue weighted by Crippen LogP contribution is 2.27. The summed E-state index contributed by atoms with van der Waals surface area (Å²) in [5.41, 5.74) is 2.67. The molecular formula is C12H12Cl2N2O4. The van der Waals surface area contributed by atoms with Gasteiger partial charge in [0.25, 0.3) is 0 Å². The van der Waals surface area contributed by atoms with Crippen LogP contribution < -0.4 is 5.43 Å². The first kappa shape index (κ1) is 16.1. The van der Waals surface area contributed by atoms with Crippen LogP contribution in [-0.2, 0) is 9.47 Å². The maximum absolute atomic E-state index is 11.7. The molecule has 0 aliphatic heterocycles. The third kappa shape index (κ3) is 3.79. The number of nitrogens with zero attached hydrogens (tertiary/aromatic N) is 1. The Balaban J connectivity index is 3.09. The second-order valence-electron chi connectivity index (χ2n) is 3.48. The molecule has 108 valence electrons. The highest BCUT2D eigenvalue weighted by atomic mass is 35.5. The van der Waals surface area contributed by atoms with Gasteiger partial charge in [0.1, 0.15) is 0 Å². The van der Waals surface area contributed by atoms with Crippen molar-refractivity contribution in [3.05, 3.63) is 40.4 Å². The van der Waals surface area contributed by atoms with Gasteiger partial charge < -0.3 is 9.47 Å². The Bertz CT molecular complexity index is 548. The SMILES string of the molecule is C=C(c1ccc(Cl)cc1Cl)N(NC(=O)OC)C(=O)OC. The van der Waals surface area contributed by atoms with E-state index in [-0.39, 0.29) is 10.7 Å². The smallest absolute Gasteiger partial charge is 0.433 e. The summed E-state index contributed by atoms with van der Waals surface area (Å²) < 4.78 is 8.97. The number of ether oxygens (including phenoxy) is 2. The summed E-state index contributed by atoms with van der Waals surface area (Å²) in [5, 5.41) is 1.47. The van der Waals surface area contributed by atoms with Crippen molar-refractivity contribution in [3.8, 4) is 0 Å². The highest BCUT2D eigenvalue weighted by Gasteiger charge is 2.22. The maximum atomic E-state index is 11.7. The number of hydrogen-bond donors (Lipinski definition) is 1. The third-order valence-electron chi connectivity index (χ3n) is 2.26. The van der Waals surface area contributed by atoms with Gasteiger partial charge in [-0.1, -0.05) is 29.8 Å². The van der Waals surface area contributed by atoms with Crippen LogP contribution in [0.5, 0.6) is 0 Å². The van der Waals surface area contributed by atoms with Crippen molar-refractivity contribution in [1.82, 2.24) is 10.4 Å². The summed E-state index contributed by atoms with van der Waals surface area (Å²) >= 11 is 11.8. The molecule has 1 aromatic carbocycles. The van der Waals surface area contributed by atoms with Crippen LogP contribution in [0.1, 0.15) is 5.56 Å². The molecule has 0 bridgehead atoms. The molecule has 8 heteroatoms. The average Bonchev–Trinajstić information content (AvgIpc) is 2.42. The Morgan fingerprint density at radius 1 is 1.25 bits per heavy atom. The Morgan fingerprint density at radius 2 is 1.90 bits per heavy atom. The highest BCUT2D eigenvalue weighted by molar-refractivity contribution is 6.35. The Hall–Kier alpha value is -1.92. The van der Waals surface area contributed by atoms with E-state index in [0.717, 1.165) is 19.2 Å². The van der Waals surface area contributed by atoms with Crippen molar-refractivity contribution in [1.29, 1.82) is 0 Å². The summed E-state index contributed by atoms with van der Waals surface area (Å²) in [6, 6.07) is 4.61. The lowest BCUT2D eigenvalue weighted by Gasteiger charge is -2.23. The summed E-state index contributed by atoms with van der Waals surface area (Å²) in [6.45, 7) is 3.70. The number of carbonyl (C=O) groups is 2. The van der Waals surface area contributed by atoms with Gasteiger partial charge in [0, 0.05) is 10.6 Å². The fourth-order valence-corrected chi connectivity index (χ4v) is 1.81. The van der Waals surface area contributed by atoms with E-state index in [4.69, 9.17) is 23.2 Å². The summed E-state index contributed by atoms with van der Waals surface area (Å²) in [5.74, 6) is 0. The normalized spacial score (nSPS) is 9.60. The summed E-state index contributed by atoms with van der Waals surface area (Å²) in [6.07, 6.45) is -1.71. The van der Waals surface area contributed by atoms with Gasteiger partial charge in [-0.25, -0.2) is 15.0 Å². The lowest BCUT2D eigenvalue weighted by molar-refractivity contribution is 0.113. The van der Waals surface area contributed by atoms with Crippen LogP contribution in [0, 0.1) is 0 Å². The first-order valence-corrected chi connectivity index (χ1v) is 6.03. The van der Waals surface area contributed by atoms with Gasteiger partial charge >= 0.3 is 12.2 Å². The molecular weight excluding hydrogens is 307 g/mol. The van der Waals surface area contributed by atoms with Gasteiger partial charge in [-0.2, -0.15) is 5.01 Å². The van der Waals surface area contributed by atoms with E-state index in [0.29, 0.717) is 10.6 Å². The molecule has 1 aromatic rings. The van der Waals surface area contributed by atoms with E-state index >= 15 is 0 Å². The second kappa shape index (κ2) is 7.02. The number of nitrogens with one attached hydrogen (secondary N) is 1. The van der Waals surface area contributed by atoms with Crippen molar-refractivity contribution < 1.29 is 19.1 Å². The fourth-order valence-electron chi connectivity index (χ4n) is 1.30. The number of benzene rings is 1. The minimum Gasteiger partial charge on any atom is -0.452 e. The van der Waals surface area contributed by atoms with E-state index in [2.05, 4.69) is 21.5 Å². The molecule has 1 N–H and O–H groups in total. The van der Waals surface area contributed by atoms with E-state index < -0.39 is 12.2 Å². The second-order valence-corrected chi connectivity index (χ2v) is 4.32. The third-order valence-corrected chi connectivity index (χ3v) is 2.81. The summed E-state index contributed by atoms with van der Waals surface area (Å²) in [4.78, 5) is 22.9. The largest absolute Gasteiger partial charge is 0.452 e. The van der Waals surface area contributed by atoms with E-state index in [1.165, 1.54) is 6.07 Å². The molecule has 6 nitrogen and oxygen atoms in total. The zero-order valence-electron chi connectivity index (χ0n) is 10.8. The molecule has 0 spiro atoms. The van der Waals surface area contributed by atoms with Crippen LogP contribution in [0.4, 0.5) is 9.59 Å². The molecule has 0 fully saturated rings. The van der Waals surface area contributed by atoms with Crippen LogP contribution in [0.15, 0.2) is 24.8 Å². The predicted molar refractivity (Wildman–Crippen MR) is 75.3 cm³/mol. The molecule has 0 saturated heterocycles. The molecule has 0 radical (unpaired) electrons. The molecule has 0 heterocycles.